The lowest BCUT2D eigenvalue weighted by Crippen LogP contribution is -2.59. The van der Waals surface area contributed by atoms with Gasteiger partial charge in [0.05, 0.1) is 23.8 Å². The van der Waals surface area contributed by atoms with E-state index in [9.17, 15) is 4.79 Å². The van der Waals surface area contributed by atoms with E-state index in [0.717, 1.165) is 53.6 Å². The van der Waals surface area contributed by atoms with Gasteiger partial charge < -0.3 is 10.1 Å². The first kappa shape index (κ1) is 17.9. The Morgan fingerprint density at radius 3 is 2.73 bits per heavy atom. The summed E-state index contributed by atoms with van der Waals surface area (Å²) in [5.74, 6) is 0.0452. The molecular weight excluding hydrogens is 348 g/mol. The lowest BCUT2D eigenvalue weighted by atomic mass is 9.79. The fourth-order valence-corrected chi connectivity index (χ4v) is 5.54. The Kier molecular flexibility index (Phi) is 5.03. The maximum absolute atomic E-state index is 12.8. The summed E-state index contributed by atoms with van der Waals surface area (Å²) in [7, 11) is 1.93. The molecule has 1 amide bonds. The van der Waals surface area contributed by atoms with Crippen LogP contribution in [0.4, 0.5) is 0 Å². The Hall–Kier alpha value is -1.44. The number of nitrogens with one attached hydrogen (secondary N) is 1. The minimum Gasteiger partial charge on any atom is -0.379 e. The number of nitrogens with zero attached hydrogens (tertiary/aromatic N) is 3. The molecule has 0 spiro atoms. The molecule has 142 valence electrons. The molecule has 0 bridgehead atoms. The second-order valence-corrected chi connectivity index (χ2v) is 8.64. The molecule has 1 saturated heterocycles. The fourth-order valence-electron chi connectivity index (χ4n) is 4.50. The van der Waals surface area contributed by atoms with Crippen LogP contribution in [0.3, 0.4) is 0 Å². The molecule has 1 N–H and O–H groups in total. The van der Waals surface area contributed by atoms with Crippen LogP contribution >= 0.6 is 11.3 Å². The highest BCUT2D eigenvalue weighted by Gasteiger charge is 2.39. The zero-order chi connectivity index (χ0) is 18.1. The number of hydrogen-bond acceptors (Lipinski definition) is 5. The quantitative estimate of drug-likeness (QED) is 0.891. The normalized spacial score (nSPS) is 21.2. The van der Waals surface area contributed by atoms with Gasteiger partial charge in [0.1, 0.15) is 4.83 Å². The number of carbonyl (C=O) groups is 1. The van der Waals surface area contributed by atoms with E-state index in [1.165, 1.54) is 43.4 Å². The summed E-state index contributed by atoms with van der Waals surface area (Å²) < 4.78 is 7.41. The fraction of sp³-hybridized carbons (Fsp3) is 0.684. The van der Waals surface area contributed by atoms with E-state index in [1.807, 2.05) is 24.7 Å². The SMILES string of the molecule is Cc1nn(C)c2sc(C(=O)NCC3(N4CCOCC4)CCCCC3)cc12. The van der Waals surface area contributed by atoms with Gasteiger partial charge in [0.2, 0.25) is 0 Å². The van der Waals surface area contributed by atoms with Gasteiger partial charge in [-0.1, -0.05) is 19.3 Å². The number of hydrogen-bond donors (Lipinski definition) is 1. The highest BCUT2D eigenvalue weighted by atomic mass is 32.1. The first-order chi connectivity index (χ1) is 12.6. The summed E-state index contributed by atoms with van der Waals surface area (Å²) in [4.78, 5) is 17.2. The van der Waals surface area contributed by atoms with E-state index >= 15 is 0 Å². The first-order valence-electron chi connectivity index (χ1n) is 9.63. The van der Waals surface area contributed by atoms with Gasteiger partial charge in [-0.15, -0.1) is 11.3 Å². The summed E-state index contributed by atoms with van der Waals surface area (Å²) in [6, 6.07) is 1.99. The third kappa shape index (κ3) is 3.28. The Labute approximate surface area is 158 Å². The molecule has 2 aromatic heterocycles. The van der Waals surface area contributed by atoms with E-state index in [2.05, 4.69) is 15.3 Å². The number of morpholine rings is 1. The van der Waals surface area contributed by atoms with E-state index < -0.39 is 0 Å². The van der Waals surface area contributed by atoms with Gasteiger partial charge in [-0.05, 0) is 25.8 Å². The van der Waals surface area contributed by atoms with Crippen LogP contribution in [0.5, 0.6) is 0 Å². The number of ether oxygens (including phenoxy) is 1. The number of fused-ring (bicyclic) bond motifs is 1. The molecule has 2 aliphatic rings. The Morgan fingerprint density at radius 1 is 1.31 bits per heavy atom. The molecule has 7 heteroatoms. The van der Waals surface area contributed by atoms with Crippen molar-refractivity contribution in [2.45, 2.75) is 44.6 Å². The summed E-state index contributed by atoms with van der Waals surface area (Å²) in [5.41, 5.74) is 1.08. The van der Waals surface area contributed by atoms with Crippen molar-refractivity contribution < 1.29 is 9.53 Å². The third-order valence-corrected chi connectivity index (χ3v) is 7.16. The highest BCUT2D eigenvalue weighted by Crippen LogP contribution is 2.34. The van der Waals surface area contributed by atoms with Gasteiger partial charge in [-0.2, -0.15) is 5.10 Å². The van der Waals surface area contributed by atoms with E-state index in [1.54, 1.807) is 0 Å². The highest BCUT2D eigenvalue weighted by molar-refractivity contribution is 7.20. The van der Waals surface area contributed by atoms with E-state index in [-0.39, 0.29) is 11.4 Å². The average molecular weight is 377 g/mol. The molecule has 4 rings (SSSR count). The van der Waals surface area contributed by atoms with Gasteiger partial charge in [-0.3, -0.25) is 14.4 Å². The minimum absolute atomic E-state index is 0.0452. The monoisotopic (exact) mass is 376 g/mol. The van der Waals surface area contributed by atoms with Crippen LogP contribution in [0.1, 0.15) is 47.5 Å². The van der Waals surface area contributed by atoms with Crippen molar-refractivity contribution in [3.63, 3.8) is 0 Å². The molecule has 1 aliphatic carbocycles. The number of amides is 1. The van der Waals surface area contributed by atoms with Crippen LogP contribution in [-0.2, 0) is 11.8 Å². The summed E-state index contributed by atoms with van der Waals surface area (Å²) >= 11 is 1.53. The summed E-state index contributed by atoms with van der Waals surface area (Å²) in [6.07, 6.45) is 6.15. The zero-order valence-corrected chi connectivity index (χ0v) is 16.5. The summed E-state index contributed by atoms with van der Waals surface area (Å²) in [6.45, 7) is 6.29. The molecular formula is C19H28N4O2S. The predicted octanol–water partition coefficient (Wildman–Crippen LogP) is 2.71. The number of carbonyl (C=O) groups excluding carboxylic acids is 1. The van der Waals surface area contributed by atoms with E-state index in [4.69, 9.17) is 4.74 Å². The zero-order valence-electron chi connectivity index (χ0n) is 15.7. The minimum atomic E-state index is 0.0452. The Balaban J connectivity index is 1.49. The lowest BCUT2D eigenvalue weighted by molar-refractivity contribution is -0.0361. The lowest BCUT2D eigenvalue weighted by Gasteiger charge is -2.48. The molecule has 0 atom stereocenters. The molecule has 2 fully saturated rings. The van der Waals surface area contributed by atoms with Crippen LogP contribution in [0, 0.1) is 6.92 Å². The van der Waals surface area contributed by atoms with Gasteiger partial charge in [0.15, 0.2) is 0 Å². The smallest absolute Gasteiger partial charge is 0.261 e. The van der Waals surface area contributed by atoms with Crippen molar-refractivity contribution >= 4 is 27.5 Å². The first-order valence-corrected chi connectivity index (χ1v) is 10.4. The van der Waals surface area contributed by atoms with Crippen LogP contribution in [-0.4, -0.2) is 59.0 Å². The van der Waals surface area contributed by atoms with Crippen molar-refractivity contribution in [3.05, 3.63) is 16.6 Å². The number of aryl methyl sites for hydroxylation is 2. The molecule has 0 aromatic carbocycles. The van der Waals surface area contributed by atoms with Crippen molar-refractivity contribution in [3.8, 4) is 0 Å². The second-order valence-electron chi connectivity index (χ2n) is 7.61. The molecule has 26 heavy (non-hydrogen) atoms. The van der Waals surface area contributed by atoms with Gasteiger partial charge in [0.25, 0.3) is 5.91 Å². The van der Waals surface area contributed by atoms with Crippen LogP contribution in [0.25, 0.3) is 10.2 Å². The molecule has 0 unspecified atom stereocenters. The summed E-state index contributed by atoms with van der Waals surface area (Å²) in [5, 5.41) is 8.76. The molecule has 1 aliphatic heterocycles. The maximum Gasteiger partial charge on any atom is 0.261 e. The number of aromatic nitrogens is 2. The van der Waals surface area contributed by atoms with Crippen LogP contribution in [0.2, 0.25) is 0 Å². The standard InChI is InChI=1S/C19H28N4O2S/c1-14-15-12-16(26-18(15)22(2)21-14)17(24)20-13-19(6-4-3-5-7-19)23-8-10-25-11-9-23/h12H,3-11,13H2,1-2H3,(H,20,24). The third-order valence-electron chi connectivity index (χ3n) is 5.96. The largest absolute Gasteiger partial charge is 0.379 e. The van der Waals surface area contributed by atoms with Gasteiger partial charge in [-0.25, -0.2) is 0 Å². The van der Waals surface area contributed by atoms with E-state index in [0.29, 0.717) is 0 Å². The molecule has 6 nitrogen and oxygen atoms in total. The maximum atomic E-state index is 12.8. The van der Waals surface area contributed by atoms with Crippen molar-refractivity contribution in [1.29, 1.82) is 0 Å². The van der Waals surface area contributed by atoms with Crippen molar-refractivity contribution in [1.82, 2.24) is 20.0 Å². The molecule has 0 radical (unpaired) electrons. The van der Waals surface area contributed by atoms with Crippen LogP contribution in [0.15, 0.2) is 6.07 Å². The second kappa shape index (κ2) is 7.29. The molecule has 3 heterocycles. The average Bonchev–Trinajstić information content (AvgIpc) is 3.23. The van der Waals surface area contributed by atoms with Gasteiger partial charge >= 0.3 is 0 Å². The topological polar surface area (TPSA) is 59.4 Å². The Morgan fingerprint density at radius 2 is 2.04 bits per heavy atom. The van der Waals surface area contributed by atoms with Crippen molar-refractivity contribution in [2.24, 2.45) is 7.05 Å². The van der Waals surface area contributed by atoms with Crippen LogP contribution < -0.4 is 5.32 Å². The predicted molar refractivity (Wildman–Crippen MR) is 104 cm³/mol. The number of thiophene rings is 1. The van der Waals surface area contributed by atoms with Gasteiger partial charge in [0, 0.05) is 37.6 Å². The Bertz CT molecular complexity index is 750. The molecule has 2 aromatic rings. The number of rotatable bonds is 4. The molecule has 1 saturated carbocycles. The van der Waals surface area contributed by atoms with Crippen molar-refractivity contribution in [2.75, 3.05) is 32.8 Å².